The van der Waals surface area contributed by atoms with Gasteiger partial charge in [0.25, 0.3) is 0 Å². The van der Waals surface area contributed by atoms with Gasteiger partial charge in [-0.3, -0.25) is 0 Å². The highest BCUT2D eigenvalue weighted by Crippen LogP contribution is 2.24. The number of unbranched alkanes of at least 4 members (excludes halogenated alkanes) is 2. The van der Waals surface area contributed by atoms with Gasteiger partial charge in [0.15, 0.2) is 0 Å². The van der Waals surface area contributed by atoms with E-state index in [1.807, 2.05) is 13.1 Å². The molecule has 1 aromatic rings. The number of hydrogen-bond donors (Lipinski definition) is 2. The number of nitrogens with two attached hydrogens (primary N) is 1. The largest absolute Gasteiger partial charge is 0.397 e. The van der Waals surface area contributed by atoms with Crippen LogP contribution in [0.3, 0.4) is 0 Å². The molecule has 0 aromatic carbocycles. The van der Waals surface area contributed by atoms with Gasteiger partial charge in [-0.2, -0.15) is 0 Å². The zero-order valence-electron chi connectivity index (χ0n) is 9.49. The summed E-state index contributed by atoms with van der Waals surface area (Å²) >= 11 is 3.45. The summed E-state index contributed by atoms with van der Waals surface area (Å²) in [5.74, 6) is 0.901. The number of hydrogen-bond acceptors (Lipinski definition) is 4. The molecule has 0 spiro atoms. The van der Waals surface area contributed by atoms with Crippen molar-refractivity contribution in [3.05, 3.63) is 16.7 Å². The lowest BCUT2D eigenvalue weighted by Gasteiger charge is -2.19. The number of nitrogens with zero attached hydrogens (tertiary/aromatic N) is 2. The molecule has 0 atom stereocenters. The van der Waals surface area contributed by atoms with Crippen LogP contribution in [-0.2, 0) is 0 Å². The summed E-state index contributed by atoms with van der Waals surface area (Å²) in [7, 11) is 2.00. The molecule has 0 aliphatic carbocycles. The van der Waals surface area contributed by atoms with Crippen LogP contribution in [0.25, 0.3) is 0 Å². The second-order valence-corrected chi connectivity index (χ2v) is 4.63. The number of halogens is 1. The van der Waals surface area contributed by atoms with E-state index in [-0.39, 0.29) is 6.61 Å². The Bertz CT molecular complexity index is 333. The fourth-order valence-corrected chi connectivity index (χ4v) is 2.14. The summed E-state index contributed by atoms with van der Waals surface area (Å²) in [6, 6.07) is 1.85. The summed E-state index contributed by atoms with van der Waals surface area (Å²) in [6.45, 7) is 1.20. The van der Waals surface area contributed by atoms with Crippen LogP contribution in [0.2, 0.25) is 0 Å². The molecule has 90 valence electrons. The molecule has 0 aliphatic rings. The highest BCUT2D eigenvalue weighted by Gasteiger charge is 2.07. The minimum Gasteiger partial charge on any atom is -0.397 e. The second kappa shape index (κ2) is 6.70. The van der Waals surface area contributed by atoms with Crippen molar-refractivity contribution in [1.82, 2.24) is 4.98 Å². The van der Waals surface area contributed by atoms with Crippen LogP contribution in [0.4, 0.5) is 11.5 Å². The predicted octanol–water partition coefficient (Wildman–Crippen LogP) is 2.03. The van der Waals surface area contributed by atoms with Gasteiger partial charge in [-0.1, -0.05) is 0 Å². The Balaban J connectivity index is 2.49. The lowest BCUT2D eigenvalue weighted by Crippen LogP contribution is -2.20. The molecule has 16 heavy (non-hydrogen) atoms. The number of pyridine rings is 1. The van der Waals surface area contributed by atoms with E-state index in [1.165, 1.54) is 0 Å². The quantitative estimate of drug-likeness (QED) is 0.786. The van der Waals surface area contributed by atoms with E-state index < -0.39 is 0 Å². The van der Waals surface area contributed by atoms with Crippen molar-refractivity contribution in [3.63, 3.8) is 0 Å². The maximum absolute atomic E-state index is 8.68. The monoisotopic (exact) mass is 287 g/mol. The van der Waals surface area contributed by atoms with Crippen molar-refractivity contribution >= 4 is 27.4 Å². The summed E-state index contributed by atoms with van der Waals surface area (Å²) < 4.78 is 0.914. The van der Waals surface area contributed by atoms with Crippen molar-refractivity contribution in [2.24, 2.45) is 0 Å². The Labute approximate surface area is 105 Å². The van der Waals surface area contributed by atoms with Crippen molar-refractivity contribution in [3.8, 4) is 0 Å². The molecule has 5 heteroatoms. The Hall–Kier alpha value is -0.810. The SMILES string of the molecule is CN(CCCCCO)c1ncc(N)cc1Br. The lowest BCUT2D eigenvalue weighted by molar-refractivity contribution is 0.283. The molecule has 0 radical (unpaired) electrons. The van der Waals surface area contributed by atoms with Crippen LogP contribution >= 0.6 is 15.9 Å². The Morgan fingerprint density at radius 1 is 1.44 bits per heavy atom. The first-order valence-corrected chi connectivity index (χ1v) is 6.17. The Kier molecular flexibility index (Phi) is 5.55. The fourth-order valence-electron chi connectivity index (χ4n) is 1.47. The predicted molar refractivity (Wildman–Crippen MR) is 70.6 cm³/mol. The van der Waals surface area contributed by atoms with E-state index in [1.54, 1.807) is 6.20 Å². The van der Waals surface area contributed by atoms with Crippen LogP contribution in [0.15, 0.2) is 16.7 Å². The topological polar surface area (TPSA) is 62.4 Å². The Morgan fingerprint density at radius 2 is 2.19 bits per heavy atom. The average molecular weight is 288 g/mol. The van der Waals surface area contributed by atoms with Crippen molar-refractivity contribution in [1.29, 1.82) is 0 Å². The maximum atomic E-state index is 8.68. The zero-order chi connectivity index (χ0) is 12.0. The van der Waals surface area contributed by atoms with Gasteiger partial charge in [0.05, 0.1) is 16.4 Å². The van der Waals surface area contributed by atoms with Gasteiger partial charge in [-0.25, -0.2) is 4.98 Å². The van der Waals surface area contributed by atoms with E-state index in [0.29, 0.717) is 5.69 Å². The Morgan fingerprint density at radius 3 is 2.81 bits per heavy atom. The number of aromatic nitrogens is 1. The molecule has 0 fully saturated rings. The maximum Gasteiger partial charge on any atom is 0.142 e. The third-order valence-corrected chi connectivity index (χ3v) is 2.94. The van der Waals surface area contributed by atoms with Gasteiger partial charge in [0.2, 0.25) is 0 Å². The average Bonchev–Trinajstić information content (AvgIpc) is 2.24. The van der Waals surface area contributed by atoms with E-state index in [0.717, 1.165) is 36.1 Å². The molecule has 3 N–H and O–H groups in total. The molecule has 1 rings (SSSR count). The minimum atomic E-state index is 0.271. The molecule has 1 aromatic heterocycles. The molecular formula is C11H18BrN3O. The molecular weight excluding hydrogens is 270 g/mol. The van der Waals surface area contributed by atoms with Crippen molar-refractivity contribution in [2.45, 2.75) is 19.3 Å². The van der Waals surface area contributed by atoms with E-state index in [2.05, 4.69) is 25.8 Å². The number of rotatable bonds is 6. The van der Waals surface area contributed by atoms with Crippen molar-refractivity contribution < 1.29 is 5.11 Å². The van der Waals surface area contributed by atoms with Crippen LogP contribution in [0.5, 0.6) is 0 Å². The van der Waals surface area contributed by atoms with E-state index >= 15 is 0 Å². The molecule has 0 unspecified atom stereocenters. The first-order chi connectivity index (χ1) is 7.65. The molecule has 4 nitrogen and oxygen atoms in total. The lowest BCUT2D eigenvalue weighted by atomic mass is 10.2. The molecule has 0 aliphatic heterocycles. The van der Waals surface area contributed by atoms with Gasteiger partial charge < -0.3 is 15.7 Å². The van der Waals surface area contributed by atoms with Crippen molar-refractivity contribution in [2.75, 3.05) is 30.8 Å². The standard InChI is InChI=1S/C11H18BrN3O/c1-15(5-3-2-4-6-16)11-10(12)7-9(13)8-14-11/h7-8,16H,2-6,13H2,1H3. The third-order valence-electron chi connectivity index (χ3n) is 2.36. The van der Waals surface area contributed by atoms with Gasteiger partial charge in [0, 0.05) is 20.2 Å². The second-order valence-electron chi connectivity index (χ2n) is 3.78. The summed E-state index contributed by atoms with van der Waals surface area (Å²) in [4.78, 5) is 6.37. The number of aliphatic hydroxyl groups excluding tert-OH is 1. The van der Waals surface area contributed by atoms with Gasteiger partial charge in [0.1, 0.15) is 5.82 Å². The third kappa shape index (κ3) is 3.98. The molecule has 0 bridgehead atoms. The van der Waals surface area contributed by atoms with E-state index in [4.69, 9.17) is 10.8 Å². The zero-order valence-corrected chi connectivity index (χ0v) is 11.1. The molecule has 0 amide bonds. The molecule has 1 heterocycles. The van der Waals surface area contributed by atoms with Gasteiger partial charge in [-0.05, 0) is 41.3 Å². The number of anilines is 2. The fraction of sp³-hybridized carbons (Fsp3) is 0.545. The molecule has 0 saturated heterocycles. The summed E-state index contributed by atoms with van der Waals surface area (Å²) in [6.07, 6.45) is 4.61. The minimum absolute atomic E-state index is 0.271. The van der Waals surface area contributed by atoms with Gasteiger partial charge in [-0.15, -0.1) is 0 Å². The van der Waals surface area contributed by atoms with Crippen LogP contribution in [-0.4, -0.2) is 30.3 Å². The smallest absolute Gasteiger partial charge is 0.142 e. The molecule has 0 saturated carbocycles. The summed E-state index contributed by atoms with van der Waals surface area (Å²) in [5.41, 5.74) is 6.29. The highest BCUT2D eigenvalue weighted by molar-refractivity contribution is 9.10. The number of nitrogen functional groups attached to an aromatic ring is 1. The van der Waals surface area contributed by atoms with E-state index in [9.17, 15) is 0 Å². The highest BCUT2D eigenvalue weighted by atomic mass is 79.9. The number of aliphatic hydroxyl groups is 1. The normalized spacial score (nSPS) is 10.4. The first-order valence-electron chi connectivity index (χ1n) is 5.38. The summed E-state index contributed by atoms with van der Waals surface area (Å²) in [5, 5.41) is 8.68. The van der Waals surface area contributed by atoms with Crippen LogP contribution in [0, 0.1) is 0 Å². The van der Waals surface area contributed by atoms with Crippen LogP contribution in [0.1, 0.15) is 19.3 Å². The first kappa shape index (κ1) is 13.3. The van der Waals surface area contributed by atoms with Gasteiger partial charge >= 0.3 is 0 Å². The van der Waals surface area contributed by atoms with Crippen LogP contribution < -0.4 is 10.6 Å².